The summed E-state index contributed by atoms with van der Waals surface area (Å²) < 4.78 is 30.8. The molecule has 1 rings (SSSR count). The van der Waals surface area contributed by atoms with Crippen molar-refractivity contribution in [2.75, 3.05) is 0 Å². The van der Waals surface area contributed by atoms with Crippen molar-refractivity contribution < 1.29 is 64.4 Å². The maximum atomic E-state index is 10.3. The van der Waals surface area contributed by atoms with Crippen LogP contribution in [0, 0.1) is 0 Å². The van der Waals surface area contributed by atoms with Gasteiger partial charge in [-0.3, -0.25) is 0 Å². The molecule has 0 aliphatic heterocycles. The van der Waals surface area contributed by atoms with Gasteiger partial charge in [-0.25, -0.2) is 8.42 Å². The van der Waals surface area contributed by atoms with Gasteiger partial charge < -0.3 is 4.55 Å². The van der Waals surface area contributed by atoms with Gasteiger partial charge in [-0.2, -0.15) is 0 Å². The van der Waals surface area contributed by atoms with Gasteiger partial charge in [-0.15, -0.1) is 32.9 Å². The molecular weight excluding hydrogens is 371 g/mol. The van der Waals surface area contributed by atoms with Crippen LogP contribution >= 0.6 is 0 Å². The Kier molecular flexibility index (Phi) is 61.1. The minimum Gasteiger partial charge on any atom is -0.744 e. The third-order valence-corrected chi connectivity index (χ3v) is 1.88. The van der Waals surface area contributed by atoms with Crippen LogP contribution in [0.2, 0.25) is 0 Å². The predicted octanol–water partition coefficient (Wildman–Crippen LogP) is 3.56. The van der Waals surface area contributed by atoms with Crippen LogP contribution in [0.5, 0.6) is 0 Å². The van der Waals surface area contributed by atoms with E-state index in [2.05, 4.69) is 32.9 Å². The fourth-order valence-corrected chi connectivity index (χ4v) is 1.08. The zero-order valence-electron chi connectivity index (χ0n) is 17.4. The van der Waals surface area contributed by atoms with Crippen LogP contribution in [0.4, 0.5) is 0 Å². The number of hydrogen-bond donors (Lipinski definition) is 0. The minimum atomic E-state index is -4.25. The first-order valence-corrected chi connectivity index (χ1v) is 8.95. The molecule has 0 amide bonds. The van der Waals surface area contributed by atoms with Gasteiger partial charge in [0.1, 0.15) is 10.1 Å². The van der Waals surface area contributed by atoms with E-state index in [0.29, 0.717) is 0 Å². The van der Waals surface area contributed by atoms with Crippen molar-refractivity contribution in [1.82, 2.24) is 0 Å². The molecule has 0 aliphatic carbocycles. The zero-order chi connectivity index (χ0) is 21.1. The Morgan fingerprint density at radius 2 is 0.885 bits per heavy atom. The standard InChI is InChI=1S/C6H6O3S.5C3H6.K/c7-10(8,9)6-4-2-1-3-5-6;5*1-3-2;/h1-5H,(H,7,8,9);5*3H,1H2,2H3;/q;;;;;;+1/p-1. The summed E-state index contributed by atoms with van der Waals surface area (Å²) in [5.74, 6) is 0. The molecule has 0 bridgehead atoms. The van der Waals surface area contributed by atoms with Crippen LogP contribution in [-0.2, 0) is 10.1 Å². The minimum absolute atomic E-state index is 0. The second kappa shape index (κ2) is 39.5. The summed E-state index contributed by atoms with van der Waals surface area (Å²) >= 11 is 0. The molecule has 144 valence electrons. The molecule has 0 saturated carbocycles. The third-order valence-electron chi connectivity index (χ3n) is 1.03. The molecule has 0 N–H and O–H groups in total. The Hall–Kier alpha value is -0.534. The third kappa shape index (κ3) is 65.3. The van der Waals surface area contributed by atoms with Gasteiger partial charge in [-0.1, -0.05) is 48.6 Å². The molecule has 3 nitrogen and oxygen atoms in total. The van der Waals surface area contributed by atoms with E-state index in [0.717, 1.165) is 0 Å². The van der Waals surface area contributed by atoms with Crippen molar-refractivity contribution in [3.05, 3.63) is 93.6 Å². The summed E-state index contributed by atoms with van der Waals surface area (Å²) in [5.41, 5.74) is 0. The summed E-state index contributed by atoms with van der Waals surface area (Å²) in [6.45, 7) is 26.2. The SMILES string of the molecule is C=CC.C=CC.C=CC.C=CC.C=CC.O=S(=O)([O-])c1ccccc1.[K+]. The second-order valence-corrected chi connectivity index (χ2v) is 5.19. The number of allylic oxidation sites excluding steroid dienone is 5. The molecule has 0 aromatic heterocycles. The topological polar surface area (TPSA) is 57.2 Å². The quantitative estimate of drug-likeness (QED) is 0.407. The molecule has 5 heteroatoms. The van der Waals surface area contributed by atoms with E-state index in [1.54, 1.807) is 36.4 Å². The van der Waals surface area contributed by atoms with Crippen LogP contribution in [0.1, 0.15) is 34.6 Å². The number of rotatable bonds is 1. The largest absolute Gasteiger partial charge is 1.00 e. The Balaban J connectivity index is -0.0000000530. The molecule has 0 radical (unpaired) electrons. The molecule has 0 fully saturated rings. The van der Waals surface area contributed by atoms with E-state index in [4.69, 9.17) is 0 Å². The summed E-state index contributed by atoms with van der Waals surface area (Å²) in [7, 11) is -4.25. The smallest absolute Gasteiger partial charge is 0.744 e. The molecule has 0 heterocycles. The van der Waals surface area contributed by atoms with Gasteiger partial charge in [-0.05, 0) is 46.8 Å². The van der Waals surface area contributed by atoms with Gasteiger partial charge in [0.05, 0.1) is 4.90 Å². The number of hydrogen-bond acceptors (Lipinski definition) is 3. The van der Waals surface area contributed by atoms with Crippen molar-refractivity contribution in [1.29, 1.82) is 0 Å². The van der Waals surface area contributed by atoms with Gasteiger partial charge in [0.2, 0.25) is 0 Å². The first-order chi connectivity index (χ1) is 11.7. The average molecular weight is 407 g/mol. The fourth-order valence-electron chi connectivity index (χ4n) is 0.587. The Morgan fingerprint density at radius 3 is 1.00 bits per heavy atom. The predicted molar refractivity (Wildman–Crippen MR) is 114 cm³/mol. The molecule has 26 heavy (non-hydrogen) atoms. The van der Waals surface area contributed by atoms with Gasteiger partial charge in [0, 0.05) is 0 Å². The van der Waals surface area contributed by atoms with Crippen molar-refractivity contribution in [2.24, 2.45) is 0 Å². The first-order valence-electron chi connectivity index (χ1n) is 7.54. The van der Waals surface area contributed by atoms with E-state index in [1.807, 2.05) is 34.6 Å². The van der Waals surface area contributed by atoms with Crippen molar-refractivity contribution in [3.63, 3.8) is 0 Å². The molecule has 1 aromatic rings. The van der Waals surface area contributed by atoms with Gasteiger partial charge in [0.15, 0.2) is 0 Å². The Bertz CT molecular complexity index is 472. The molecule has 0 spiro atoms. The maximum absolute atomic E-state index is 10.3. The van der Waals surface area contributed by atoms with Crippen LogP contribution in [0.25, 0.3) is 0 Å². The fraction of sp³-hybridized carbons (Fsp3) is 0.238. The number of benzene rings is 1. The van der Waals surface area contributed by atoms with Gasteiger partial charge in [0.25, 0.3) is 0 Å². The van der Waals surface area contributed by atoms with E-state index in [-0.39, 0.29) is 56.3 Å². The first kappa shape index (κ1) is 40.2. The van der Waals surface area contributed by atoms with Crippen molar-refractivity contribution >= 4 is 10.1 Å². The zero-order valence-corrected chi connectivity index (χ0v) is 21.4. The molecule has 0 unspecified atom stereocenters. The Labute approximate surface area is 205 Å². The molecule has 0 saturated heterocycles. The summed E-state index contributed by atoms with van der Waals surface area (Å²) in [5, 5.41) is 0. The summed E-state index contributed by atoms with van der Waals surface area (Å²) in [6, 6.07) is 7.19. The summed E-state index contributed by atoms with van der Waals surface area (Å²) in [6.07, 6.45) is 8.75. The van der Waals surface area contributed by atoms with E-state index in [9.17, 15) is 13.0 Å². The molecule has 0 aliphatic rings. The van der Waals surface area contributed by atoms with E-state index in [1.165, 1.54) is 24.3 Å². The molecule has 0 atom stereocenters. The second-order valence-electron chi connectivity index (χ2n) is 3.81. The van der Waals surface area contributed by atoms with Gasteiger partial charge >= 0.3 is 51.4 Å². The van der Waals surface area contributed by atoms with Crippen LogP contribution in [0.15, 0.2) is 98.5 Å². The van der Waals surface area contributed by atoms with E-state index >= 15 is 0 Å². The van der Waals surface area contributed by atoms with Crippen molar-refractivity contribution in [3.8, 4) is 0 Å². The summed E-state index contributed by atoms with van der Waals surface area (Å²) in [4.78, 5) is -0.185. The molecular formula is C21H35KO3S. The maximum Gasteiger partial charge on any atom is 1.00 e. The van der Waals surface area contributed by atoms with Crippen molar-refractivity contribution in [2.45, 2.75) is 39.5 Å². The average Bonchev–Trinajstić information content (AvgIpc) is 2.51. The van der Waals surface area contributed by atoms with Crippen LogP contribution < -0.4 is 51.4 Å². The van der Waals surface area contributed by atoms with Crippen LogP contribution in [0.3, 0.4) is 0 Å². The molecule has 1 aromatic carbocycles. The van der Waals surface area contributed by atoms with E-state index < -0.39 is 10.1 Å². The Morgan fingerprint density at radius 1 is 0.692 bits per heavy atom. The normalized spacial score (nSPS) is 6.85. The monoisotopic (exact) mass is 406 g/mol. The van der Waals surface area contributed by atoms with Crippen LogP contribution in [-0.4, -0.2) is 13.0 Å².